The Morgan fingerprint density at radius 2 is 2.09 bits per heavy atom. The monoisotopic (exact) mass is 372 g/mol. The molecule has 2 aliphatic heterocycles. The van der Waals surface area contributed by atoms with Gasteiger partial charge in [0.1, 0.15) is 5.75 Å². The highest BCUT2D eigenvalue weighted by atomic mass is 79.9. The van der Waals surface area contributed by atoms with E-state index in [0.29, 0.717) is 6.54 Å². The van der Waals surface area contributed by atoms with Crippen LogP contribution in [0.5, 0.6) is 5.75 Å². The zero-order valence-corrected chi connectivity index (χ0v) is 14.3. The van der Waals surface area contributed by atoms with Gasteiger partial charge in [-0.3, -0.25) is 4.90 Å². The van der Waals surface area contributed by atoms with Crippen molar-refractivity contribution < 1.29 is 9.53 Å². The number of hydrogen-bond acceptors (Lipinski definition) is 2. The molecule has 1 N–H and O–H groups in total. The number of hydrogen-bond donors (Lipinski definition) is 1. The summed E-state index contributed by atoms with van der Waals surface area (Å²) in [6.45, 7) is 2.52. The fraction of sp³-hybridized carbons (Fsp3) is 0.278. The summed E-state index contributed by atoms with van der Waals surface area (Å²) in [5.41, 5.74) is 1.49. The van der Waals surface area contributed by atoms with Crippen molar-refractivity contribution in [3.63, 3.8) is 0 Å². The van der Waals surface area contributed by atoms with Crippen LogP contribution >= 0.6 is 15.9 Å². The Kier molecular flexibility index (Phi) is 3.34. The van der Waals surface area contributed by atoms with Crippen molar-refractivity contribution in [3.8, 4) is 5.75 Å². The Bertz CT molecular complexity index is 765. The first-order valence-electron chi connectivity index (χ1n) is 7.66. The molecule has 2 aromatic rings. The van der Waals surface area contributed by atoms with Crippen molar-refractivity contribution in [1.82, 2.24) is 10.2 Å². The van der Waals surface area contributed by atoms with Gasteiger partial charge in [0.15, 0.2) is 5.72 Å². The minimum absolute atomic E-state index is 0.0132. The van der Waals surface area contributed by atoms with Gasteiger partial charge >= 0.3 is 6.03 Å². The fourth-order valence-corrected chi connectivity index (χ4v) is 3.77. The quantitative estimate of drug-likeness (QED) is 0.857. The second-order valence-corrected chi connectivity index (χ2v) is 7.15. The van der Waals surface area contributed by atoms with E-state index in [0.717, 1.165) is 27.8 Å². The van der Waals surface area contributed by atoms with Gasteiger partial charge in [0.2, 0.25) is 0 Å². The first-order chi connectivity index (χ1) is 11.0. The number of halogens is 1. The minimum Gasteiger partial charge on any atom is -0.468 e. The number of nitrogens with one attached hydrogen (secondary N) is 1. The Balaban J connectivity index is 1.69. The number of rotatable bonds is 2. The van der Waals surface area contributed by atoms with Crippen LogP contribution in [0.15, 0.2) is 53.0 Å². The smallest absolute Gasteiger partial charge is 0.321 e. The summed E-state index contributed by atoms with van der Waals surface area (Å²) in [5.74, 6) is 0.838. The van der Waals surface area contributed by atoms with Crippen LogP contribution in [-0.2, 0) is 6.54 Å². The molecule has 2 atom stereocenters. The van der Waals surface area contributed by atoms with E-state index in [1.807, 2.05) is 55.5 Å². The lowest BCUT2D eigenvalue weighted by atomic mass is 9.90. The number of benzene rings is 2. The summed E-state index contributed by atoms with van der Waals surface area (Å²) in [5, 5.41) is 3.11. The summed E-state index contributed by atoms with van der Waals surface area (Å²) in [7, 11) is 0. The van der Waals surface area contributed by atoms with E-state index in [1.165, 1.54) is 0 Å². The Hall–Kier alpha value is -2.01. The average molecular weight is 373 g/mol. The van der Waals surface area contributed by atoms with Crippen LogP contribution in [-0.4, -0.2) is 16.7 Å². The van der Waals surface area contributed by atoms with Gasteiger partial charge in [-0.1, -0.05) is 46.3 Å². The first kappa shape index (κ1) is 14.6. The standard InChI is InChI=1S/C18H17BrN2O2/c1-18-10-15(14-9-13(19)7-8-16(14)23-18)20-17(22)21(18)11-12-5-3-2-4-6-12/h2-9,15H,10-11H2,1H3,(H,20,22). The molecule has 2 unspecified atom stereocenters. The number of amides is 2. The van der Waals surface area contributed by atoms with E-state index >= 15 is 0 Å². The number of ether oxygens (including phenoxy) is 1. The fourth-order valence-electron chi connectivity index (χ4n) is 3.39. The van der Waals surface area contributed by atoms with Crippen molar-refractivity contribution >= 4 is 22.0 Å². The second kappa shape index (κ2) is 5.27. The SMILES string of the molecule is CC12CC(NC(=O)N1Cc1ccccc1)c1cc(Br)ccc1O2. The Labute approximate surface area is 143 Å². The van der Waals surface area contributed by atoms with Gasteiger partial charge in [-0.15, -0.1) is 0 Å². The van der Waals surface area contributed by atoms with Crippen molar-refractivity contribution in [1.29, 1.82) is 0 Å². The van der Waals surface area contributed by atoms with Gasteiger partial charge in [0.25, 0.3) is 0 Å². The molecule has 0 aromatic heterocycles. The predicted octanol–water partition coefficient (Wildman–Crippen LogP) is 4.21. The third-order valence-corrected chi connectivity index (χ3v) is 5.05. The molecular formula is C18H17BrN2O2. The molecule has 2 heterocycles. The van der Waals surface area contributed by atoms with Gasteiger partial charge in [-0.2, -0.15) is 0 Å². The molecule has 0 aliphatic carbocycles. The van der Waals surface area contributed by atoms with E-state index < -0.39 is 5.72 Å². The molecule has 4 nitrogen and oxygen atoms in total. The van der Waals surface area contributed by atoms with Gasteiger partial charge in [0.05, 0.1) is 12.6 Å². The summed E-state index contributed by atoms with van der Waals surface area (Å²) < 4.78 is 7.23. The van der Waals surface area contributed by atoms with Crippen molar-refractivity contribution in [3.05, 3.63) is 64.1 Å². The molecule has 0 radical (unpaired) electrons. The molecule has 2 amide bonds. The number of urea groups is 1. The average Bonchev–Trinajstić information content (AvgIpc) is 2.53. The molecule has 118 valence electrons. The lowest BCUT2D eigenvalue weighted by Gasteiger charge is -2.50. The first-order valence-corrected chi connectivity index (χ1v) is 8.45. The molecule has 0 spiro atoms. The Morgan fingerprint density at radius 3 is 2.87 bits per heavy atom. The van der Waals surface area contributed by atoms with Crippen LogP contribution < -0.4 is 10.1 Å². The highest BCUT2D eigenvalue weighted by Gasteiger charge is 2.48. The minimum atomic E-state index is -0.635. The summed E-state index contributed by atoms with van der Waals surface area (Å²) in [6, 6.07) is 15.8. The second-order valence-electron chi connectivity index (χ2n) is 6.24. The molecule has 23 heavy (non-hydrogen) atoms. The topological polar surface area (TPSA) is 41.6 Å². The maximum Gasteiger partial charge on any atom is 0.321 e. The van der Waals surface area contributed by atoms with E-state index in [2.05, 4.69) is 21.2 Å². The van der Waals surface area contributed by atoms with Crippen LogP contribution in [0.1, 0.15) is 30.5 Å². The largest absolute Gasteiger partial charge is 0.468 e. The van der Waals surface area contributed by atoms with Gasteiger partial charge in [0, 0.05) is 16.5 Å². The summed E-state index contributed by atoms with van der Waals surface area (Å²) >= 11 is 3.49. The lowest BCUT2D eigenvalue weighted by molar-refractivity contribution is -0.0879. The molecule has 2 aliphatic rings. The molecule has 2 aromatic carbocycles. The van der Waals surface area contributed by atoms with Crippen molar-refractivity contribution in [2.75, 3.05) is 0 Å². The van der Waals surface area contributed by atoms with Gasteiger partial charge in [-0.25, -0.2) is 4.79 Å². The molecule has 1 fully saturated rings. The molecule has 4 rings (SSSR count). The van der Waals surface area contributed by atoms with Crippen LogP contribution in [0, 0.1) is 0 Å². The molecule has 0 saturated carbocycles. The highest BCUT2D eigenvalue weighted by Crippen LogP contribution is 2.45. The zero-order valence-electron chi connectivity index (χ0n) is 12.8. The van der Waals surface area contributed by atoms with Crippen molar-refractivity contribution in [2.45, 2.75) is 31.7 Å². The lowest BCUT2D eigenvalue weighted by Crippen LogP contribution is -2.64. The van der Waals surface area contributed by atoms with Gasteiger partial charge < -0.3 is 10.1 Å². The third kappa shape index (κ3) is 2.49. The zero-order chi connectivity index (χ0) is 16.0. The van der Waals surface area contributed by atoms with Crippen molar-refractivity contribution in [2.24, 2.45) is 0 Å². The number of carbonyl (C=O) groups excluding carboxylic acids is 1. The molecule has 2 bridgehead atoms. The predicted molar refractivity (Wildman–Crippen MR) is 91.0 cm³/mol. The van der Waals surface area contributed by atoms with E-state index in [-0.39, 0.29) is 12.1 Å². The Morgan fingerprint density at radius 1 is 1.30 bits per heavy atom. The highest BCUT2D eigenvalue weighted by molar-refractivity contribution is 9.10. The number of fused-ring (bicyclic) bond motifs is 4. The maximum atomic E-state index is 12.6. The number of carbonyl (C=O) groups is 1. The molecule has 1 saturated heterocycles. The van der Waals surface area contributed by atoms with E-state index in [4.69, 9.17) is 4.74 Å². The van der Waals surface area contributed by atoms with E-state index in [1.54, 1.807) is 4.90 Å². The van der Waals surface area contributed by atoms with Crippen LogP contribution in [0.25, 0.3) is 0 Å². The van der Waals surface area contributed by atoms with E-state index in [9.17, 15) is 4.79 Å². The summed E-state index contributed by atoms with van der Waals surface area (Å²) in [6.07, 6.45) is 0.731. The van der Waals surface area contributed by atoms with Crippen LogP contribution in [0.3, 0.4) is 0 Å². The molecule has 5 heteroatoms. The number of nitrogens with zero attached hydrogens (tertiary/aromatic N) is 1. The van der Waals surface area contributed by atoms with Gasteiger partial charge in [-0.05, 0) is 30.7 Å². The van der Waals surface area contributed by atoms with Crippen LogP contribution in [0.4, 0.5) is 4.79 Å². The normalized spacial score (nSPS) is 25.4. The maximum absolute atomic E-state index is 12.6. The molecular weight excluding hydrogens is 356 g/mol. The third-order valence-electron chi connectivity index (χ3n) is 4.56. The van der Waals surface area contributed by atoms with Crippen LogP contribution in [0.2, 0.25) is 0 Å². The summed E-state index contributed by atoms with van der Waals surface area (Å²) in [4.78, 5) is 14.4.